The first-order valence-electron chi connectivity index (χ1n) is 7.44. The zero-order valence-electron chi connectivity index (χ0n) is 13.3. The average Bonchev–Trinajstić information content (AvgIpc) is 2.48. The lowest BCUT2D eigenvalue weighted by Gasteiger charge is -2.37. The number of hydrogen-bond acceptors (Lipinski definition) is 7. The highest BCUT2D eigenvalue weighted by molar-refractivity contribution is 7.81. The average molecular weight is 331 g/mol. The lowest BCUT2D eigenvalue weighted by Crippen LogP contribution is -2.48. The molecule has 8 heteroatoms. The third kappa shape index (κ3) is 4.37. The number of nitrogens with one attached hydrogen (secondary N) is 1. The summed E-state index contributed by atoms with van der Waals surface area (Å²) in [6, 6.07) is 2.45. The molecule has 1 fully saturated rings. The van der Waals surface area contributed by atoms with E-state index in [1.165, 1.54) is 0 Å². The summed E-state index contributed by atoms with van der Waals surface area (Å²) in [5, 5.41) is 12.1. The van der Waals surface area contributed by atoms with Crippen molar-refractivity contribution in [1.82, 2.24) is 9.97 Å². The molecule has 1 saturated heterocycles. The van der Waals surface area contributed by atoms with E-state index in [0.717, 1.165) is 12.8 Å². The number of anilines is 2. The van der Waals surface area contributed by atoms with Crippen LogP contribution in [-0.2, 0) is 0 Å². The summed E-state index contributed by atoms with van der Waals surface area (Å²) in [6.45, 7) is 4.58. The van der Waals surface area contributed by atoms with Gasteiger partial charge in [-0.05, 0) is 32.8 Å². The monoisotopic (exact) mass is 331 g/mol. The van der Waals surface area contributed by atoms with E-state index in [1.807, 2.05) is 6.07 Å². The van der Waals surface area contributed by atoms with Crippen molar-refractivity contribution in [2.75, 3.05) is 16.8 Å². The molecule has 2 unspecified atom stereocenters. The topological polar surface area (TPSA) is 117 Å². The number of hydrogen-bond donors (Lipinski definition) is 3. The van der Waals surface area contributed by atoms with Crippen LogP contribution in [0, 0.1) is 11.3 Å². The van der Waals surface area contributed by atoms with Crippen LogP contribution in [0.15, 0.2) is 18.0 Å². The SMILES string of the molecule is CC(N)=CC(=S)Nc1nc(N2CC(N)CCC2C)cnc1C#N. The van der Waals surface area contributed by atoms with Gasteiger partial charge in [-0.25, -0.2) is 9.97 Å². The van der Waals surface area contributed by atoms with Gasteiger partial charge >= 0.3 is 0 Å². The van der Waals surface area contributed by atoms with Crippen molar-refractivity contribution in [1.29, 1.82) is 5.26 Å². The summed E-state index contributed by atoms with van der Waals surface area (Å²) in [4.78, 5) is 11.2. The van der Waals surface area contributed by atoms with Gasteiger partial charge in [0, 0.05) is 24.3 Å². The fourth-order valence-electron chi connectivity index (χ4n) is 2.50. The number of rotatable bonds is 3. The lowest BCUT2D eigenvalue weighted by molar-refractivity contribution is 0.434. The van der Waals surface area contributed by atoms with Crippen molar-refractivity contribution in [2.24, 2.45) is 11.5 Å². The van der Waals surface area contributed by atoms with Crippen molar-refractivity contribution in [2.45, 2.75) is 38.8 Å². The first-order valence-corrected chi connectivity index (χ1v) is 7.85. The summed E-state index contributed by atoms with van der Waals surface area (Å²) in [7, 11) is 0. The Morgan fingerprint density at radius 1 is 1.57 bits per heavy atom. The summed E-state index contributed by atoms with van der Waals surface area (Å²) in [5.74, 6) is 1.02. The van der Waals surface area contributed by atoms with Gasteiger partial charge in [0.1, 0.15) is 16.9 Å². The summed E-state index contributed by atoms with van der Waals surface area (Å²) in [6.07, 6.45) is 5.20. The number of nitriles is 1. The molecule has 1 aliphatic heterocycles. The van der Waals surface area contributed by atoms with Crippen molar-refractivity contribution in [3.05, 3.63) is 23.7 Å². The van der Waals surface area contributed by atoms with Gasteiger partial charge in [-0.1, -0.05) is 12.2 Å². The van der Waals surface area contributed by atoms with E-state index in [9.17, 15) is 5.26 Å². The van der Waals surface area contributed by atoms with Crippen LogP contribution >= 0.6 is 12.2 Å². The number of aromatic nitrogens is 2. The Morgan fingerprint density at radius 3 is 2.96 bits per heavy atom. The molecule has 0 radical (unpaired) electrons. The van der Waals surface area contributed by atoms with Crippen molar-refractivity contribution < 1.29 is 0 Å². The fourth-order valence-corrected chi connectivity index (χ4v) is 2.78. The molecule has 0 aromatic carbocycles. The number of thiocarbonyl (C=S) groups is 1. The summed E-state index contributed by atoms with van der Waals surface area (Å²) >= 11 is 5.18. The minimum absolute atomic E-state index is 0.115. The highest BCUT2D eigenvalue weighted by atomic mass is 32.1. The maximum absolute atomic E-state index is 9.20. The second-order valence-corrected chi connectivity index (χ2v) is 6.19. The van der Waals surface area contributed by atoms with E-state index in [-0.39, 0.29) is 11.7 Å². The molecule has 2 atom stereocenters. The third-order valence-electron chi connectivity index (χ3n) is 3.68. The molecule has 0 bridgehead atoms. The molecule has 23 heavy (non-hydrogen) atoms. The Labute approximate surface area is 141 Å². The minimum Gasteiger partial charge on any atom is -0.402 e. The van der Waals surface area contributed by atoms with Crippen LogP contribution in [0.1, 0.15) is 32.4 Å². The largest absolute Gasteiger partial charge is 0.402 e. The van der Waals surface area contributed by atoms with Crippen LogP contribution in [0.2, 0.25) is 0 Å². The van der Waals surface area contributed by atoms with Gasteiger partial charge in [-0.3, -0.25) is 0 Å². The molecule has 122 valence electrons. The van der Waals surface area contributed by atoms with E-state index < -0.39 is 0 Å². The Balaban J connectivity index is 2.30. The molecule has 5 N–H and O–H groups in total. The minimum atomic E-state index is 0.115. The van der Waals surface area contributed by atoms with Gasteiger partial charge in [0.25, 0.3) is 0 Å². The Morgan fingerprint density at radius 2 is 2.30 bits per heavy atom. The zero-order valence-corrected chi connectivity index (χ0v) is 14.1. The molecule has 0 saturated carbocycles. The molecular formula is C15H21N7S. The molecule has 7 nitrogen and oxygen atoms in total. The molecule has 2 heterocycles. The molecular weight excluding hydrogens is 310 g/mol. The van der Waals surface area contributed by atoms with Crippen molar-refractivity contribution >= 4 is 28.8 Å². The van der Waals surface area contributed by atoms with Gasteiger partial charge in [0.15, 0.2) is 11.5 Å². The van der Waals surface area contributed by atoms with Gasteiger partial charge in [0.05, 0.1) is 6.20 Å². The fraction of sp³-hybridized carbons (Fsp3) is 0.467. The third-order valence-corrected chi connectivity index (χ3v) is 3.90. The van der Waals surface area contributed by atoms with E-state index in [0.29, 0.717) is 34.9 Å². The van der Waals surface area contributed by atoms with Gasteiger partial charge in [0.2, 0.25) is 0 Å². The number of nitrogens with two attached hydrogens (primary N) is 2. The predicted octanol–water partition coefficient (Wildman–Crippen LogP) is 1.27. The van der Waals surface area contributed by atoms with E-state index in [1.54, 1.807) is 19.2 Å². The zero-order chi connectivity index (χ0) is 17.0. The number of nitrogens with zero attached hydrogens (tertiary/aromatic N) is 4. The molecule has 2 rings (SSSR count). The molecule has 1 aliphatic rings. The van der Waals surface area contributed by atoms with Crippen molar-refractivity contribution in [3.8, 4) is 6.07 Å². The quantitative estimate of drug-likeness (QED) is 0.560. The molecule has 1 aromatic rings. The van der Waals surface area contributed by atoms with E-state index in [4.69, 9.17) is 23.7 Å². The normalized spacial score (nSPS) is 21.7. The predicted molar refractivity (Wildman–Crippen MR) is 94.9 cm³/mol. The first-order chi connectivity index (χ1) is 10.9. The van der Waals surface area contributed by atoms with Crippen LogP contribution in [0.3, 0.4) is 0 Å². The molecule has 0 amide bonds. The second-order valence-electron chi connectivity index (χ2n) is 5.75. The van der Waals surface area contributed by atoms with E-state index >= 15 is 0 Å². The Kier molecular flexibility index (Phi) is 5.47. The highest BCUT2D eigenvalue weighted by Crippen LogP contribution is 2.24. The highest BCUT2D eigenvalue weighted by Gasteiger charge is 2.25. The van der Waals surface area contributed by atoms with Gasteiger partial charge < -0.3 is 21.7 Å². The summed E-state index contributed by atoms with van der Waals surface area (Å²) < 4.78 is 0. The van der Waals surface area contributed by atoms with E-state index in [2.05, 4.69) is 27.1 Å². The molecule has 1 aromatic heterocycles. The van der Waals surface area contributed by atoms with Crippen LogP contribution in [0.4, 0.5) is 11.6 Å². The molecule has 0 aliphatic carbocycles. The van der Waals surface area contributed by atoms with Gasteiger partial charge in [-0.2, -0.15) is 5.26 Å². The smallest absolute Gasteiger partial charge is 0.183 e. The van der Waals surface area contributed by atoms with Crippen LogP contribution in [0.25, 0.3) is 0 Å². The van der Waals surface area contributed by atoms with Crippen LogP contribution < -0.4 is 21.7 Å². The maximum Gasteiger partial charge on any atom is 0.183 e. The maximum atomic E-state index is 9.20. The first kappa shape index (κ1) is 17.1. The van der Waals surface area contributed by atoms with Gasteiger partial charge in [-0.15, -0.1) is 0 Å². The molecule has 0 spiro atoms. The Bertz CT molecular complexity index is 660. The van der Waals surface area contributed by atoms with Crippen LogP contribution in [-0.4, -0.2) is 33.6 Å². The lowest BCUT2D eigenvalue weighted by atomic mass is 10.0. The second kappa shape index (κ2) is 7.35. The standard InChI is InChI=1S/C15H21N7S/c1-9(17)5-14(23)21-15-12(6-16)19-7-13(20-15)22-8-11(18)4-3-10(22)2/h5,7,10-11H,3-4,8,17-18H2,1-2H3,(H,20,21,23). The Hall–Kier alpha value is -2.24. The summed E-state index contributed by atoms with van der Waals surface area (Å²) in [5.41, 5.74) is 12.4. The van der Waals surface area contributed by atoms with Crippen molar-refractivity contribution in [3.63, 3.8) is 0 Å². The number of allylic oxidation sites excluding steroid dienone is 1. The van der Waals surface area contributed by atoms with Crippen LogP contribution in [0.5, 0.6) is 0 Å². The number of piperidine rings is 1.